The van der Waals surface area contributed by atoms with Crippen molar-refractivity contribution in [3.8, 4) is 0 Å². The Bertz CT molecular complexity index is 730. The Morgan fingerprint density at radius 1 is 1.25 bits per heavy atom. The lowest BCUT2D eigenvalue weighted by molar-refractivity contribution is -0.137. The van der Waals surface area contributed by atoms with Crippen LogP contribution in [-0.4, -0.2) is 42.8 Å². The first-order chi connectivity index (χ1) is 13.5. The van der Waals surface area contributed by atoms with E-state index in [1.807, 2.05) is 6.07 Å². The lowest BCUT2D eigenvalue weighted by Gasteiger charge is -2.18. The molecule has 1 aliphatic heterocycles. The van der Waals surface area contributed by atoms with Gasteiger partial charge in [0.2, 0.25) is 11.8 Å². The topological polar surface area (TPSA) is 102 Å². The molecule has 2 amide bonds. The van der Waals surface area contributed by atoms with Gasteiger partial charge in [-0.05, 0) is 19.8 Å². The molecule has 2 unspecified atom stereocenters. The zero-order chi connectivity index (χ0) is 20.4. The molecule has 1 aliphatic rings. The van der Waals surface area contributed by atoms with E-state index in [1.54, 1.807) is 37.3 Å². The molecule has 28 heavy (non-hydrogen) atoms. The molecule has 0 aliphatic carbocycles. The Morgan fingerprint density at radius 2 is 2.00 bits per heavy atom. The first-order valence-electron chi connectivity index (χ1n) is 9.50. The van der Waals surface area contributed by atoms with Crippen molar-refractivity contribution >= 4 is 23.6 Å². The molecule has 7 nitrogen and oxygen atoms in total. The molecule has 0 bridgehead atoms. The number of hydrogen-bond donors (Lipinski definition) is 2. The van der Waals surface area contributed by atoms with Gasteiger partial charge in [-0.2, -0.15) is 0 Å². The number of nitrogens with one attached hydrogen (secondary N) is 2. The Labute approximate surface area is 164 Å². The number of rotatable bonds is 10. The number of esters is 1. The molecule has 0 aromatic heterocycles. The Morgan fingerprint density at radius 3 is 2.64 bits per heavy atom. The van der Waals surface area contributed by atoms with Crippen molar-refractivity contribution in [3.63, 3.8) is 0 Å². The van der Waals surface area contributed by atoms with Crippen molar-refractivity contribution in [2.75, 3.05) is 13.2 Å². The average Bonchev–Trinajstić information content (AvgIpc) is 3.09. The number of ether oxygens (including phenoxy) is 1. The van der Waals surface area contributed by atoms with Crippen LogP contribution in [0.1, 0.15) is 43.0 Å². The number of carbonyl (C=O) groups excluding carboxylic acids is 4. The molecule has 150 valence electrons. The van der Waals surface area contributed by atoms with Gasteiger partial charge < -0.3 is 15.4 Å². The normalized spacial score (nSPS) is 17.2. The summed E-state index contributed by atoms with van der Waals surface area (Å²) in [5.41, 5.74) is 0.566. The minimum Gasteiger partial charge on any atom is -0.463 e. The summed E-state index contributed by atoms with van der Waals surface area (Å²) in [6.45, 7) is 2.57. The summed E-state index contributed by atoms with van der Waals surface area (Å²) in [6, 6.07) is 8.31. The second kappa shape index (κ2) is 11.0. The average molecular weight is 386 g/mol. The zero-order valence-electron chi connectivity index (χ0n) is 16.0. The van der Waals surface area contributed by atoms with E-state index in [4.69, 9.17) is 4.74 Å². The fourth-order valence-electron chi connectivity index (χ4n) is 3.02. The molecule has 0 spiro atoms. The Kier molecular flexibility index (Phi) is 8.39. The predicted octanol–water partition coefficient (Wildman–Crippen LogP) is 1.78. The van der Waals surface area contributed by atoms with Gasteiger partial charge in [0.15, 0.2) is 5.78 Å². The van der Waals surface area contributed by atoms with Gasteiger partial charge in [-0.1, -0.05) is 36.4 Å². The summed E-state index contributed by atoms with van der Waals surface area (Å²) >= 11 is 0. The smallest absolute Gasteiger partial charge is 0.330 e. The van der Waals surface area contributed by atoms with Crippen LogP contribution in [0.5, 0.6) is 0 Å². The highest BCUT2D eigenvalue weighted by Crippen LogP contribution is 2.17. The maximum absolute atomic E-state index is 12.3. The fraction of sp³-hybridized carbons (Fsp3) is 0.429. The van der Waals surface area contributed by atoms with E-state index >= 15 is 0 Å². The molecule has 1 saturated heterocycles. The second-order valence-electron chi connectivity index (χ2n) is 6.59. The van der Waals surface area contributed by atoms with Crippen molar-refractivity contribution in [2.24, 2.45) is 5.92 Å². The Balaban J connectivity index is 1.91. The van der Waals surface area contributed by atoms with Gasteiger partial charge >= 0.3 is 5.97 Å². The number of amides is 2. The summed E-state index contributed by atoms with van der Waals surface area (Å²) in [6.07, 6.45) is 4.00. The lowest BCUT2D eigenvalue weighted by Crippen LogP contribution is -2.36. The quantitative estimate of drug-likeness (QED) is 0.363. The van der Waals surface area contributed by atoms with Crippen LogP contribution in [0.25, 0.3) is 0 Å². The van der Waals surface area contributed by atoms with Crippen LogP contribution in [-0.2, 0) is 19.1 Å². The SMILES string of the molecule is CCOC(=O)/C=C/C(CC1CCNC1=O)NC(=O)CCC(=O)c1ccccc1. The first-order valence-corrected chi connectivity index (χ1v) is 9.50. The summed E-state index contributed by atoms with van der Waals surface area (Å²) in [5, 5.41) is 5.56. The number of Topliss-reactive ketones (excluding diaryl/α,β-unsaturated/α-hetero) is 1. The first kappa shape index (κ1) is 21.3. The Hall–Kier alpha value is -2.96. The van der Waals surface area contributed by atoms with E-state index in [-0.39, 0.29) is 43.0 Å². The van der Waals surface area contributed by atoms with Crippen LogP contribution in [0.4, 0.5) is 0 Å². The molecule has 0 saturated carbocycles. The van der Waals surface area contributed by atoms with E-state index < -0.39 is 12.0 Å². The van der Waals surface area contributed by atoms with Crippen LogP contribution < -0.4 is 10.6 Å². The molecule has 1 fully saturated rings. The fourth-order valence-corrected chi connectivity index (χ4v) is 3.02. The van der Waals surface area contributed by atoms with Crippen LogP contribution >= 0.6 is 0 Å². The van der Waals surface area contributed by atoms with Crippen LogP contribution in [0.2, 0.25) is 0 Å². The summed E-state index contributed by atoms with van der Waals surface area (Å²) in [4.78, 5) is 47.8. The lowest BCUT2D eigenvalue weighted by atomic mass is 9.97. The number of ketones is 1. The maximum atomic E-state index is 12.3. The molecular weight excluding hydrogens is 360 g/mol. The van der Waals surface area contributed by atoms with Crippen molar-refractivity contribution in [3.05, 3.63) is 48.0 Å². The molecule has 2 rings (SSSR count). The van der Waals surface area contributed by atoms with Crippen molar-refractivity contribution in [2.45, 2.75) is 38.6 Å². The van der Waals surface area contributed by atoms with E-state index in [1.165, 1.54) is 6.08 Å². The molecular formula is C21H26N2O5. The van der Waals surface area contributed by atoms with Gasteiger partial charge in [0.25, 0.3) is 0 Å². The molecule has 1 heterocycles. The van der Waals surface area contributed by atoms with Crippen molar-refractivity contribution in [1.82, 2.24) is 10.6 Å². The number of hydrogen-bond acceptors (Lipinski definition) is 5. The highest BCUT2D eigenvalue weighted by molar-refractivity contribution is 5.98. The second-order valence-corrected chi connectivity index (χ2v) is 6.59. The van der Waals surface area contributed by atoms with Crippen LogP contribution in [0.3, 0.4) is 0 Å². The molecule has 1 aromatic rings. The number of benzene rings is 1. The highest BCUT2D eigenvalue weighted by Gasteiger charge is 2.27. The minimum absolute atomic E-state index is 0.0360. The third-order valence-corrected chi connectivity index (χ3v) is 4.47. The summed E-state index contributed by atoms with van der Waals surface area (Å²) in [7, 11) is 0. The molecule has 1 aromatic carbocycles. The van der Waals surface area contributed by atoms with E-state index in [9.17, 15) is 19.2 Å². The van der Waals surface area contributed by atoms with Gasteiger partial charge in [-0.25, -0.2) is 4.79 Å². The molecule has 2 N–H and O–H groups in total. The van der Waals surface area contributed by atoms with Gasteiger partial charge in [-0.15, -0.1) is 0 Å². The van der Waals surface area contributed by atoms with Crippen molar-refractivity contribution in [1.29, 1.82) is 0 Å². The van der Waals surface area contributed by atoms with E-state index in [0.29, 0.717) is 24.9 Å². The monoisotopic (exact) mass is 386 g/mol. The van der Waals surface area contributed by atoms with Crippen LogP contribution in [0, 0.1) is 5.92 Å². The molecule has 0 radical (unpaired) electrons. The van der Waals surface area contributed by atoms with Crippen molar-refractivity contribution < 1.29 is 23.9 Å². The van der Waals surface area contributed by atoms with Gasteiger partial charge in [0.1, 0.15) is 0 Å². The van der Waals surface area contributed by atoms with Crippen LogP contribution in [0.15, 0.2) is 42.5 Å². The summed E-state index contributed by atoms with van der Waals surface area (Å²) in [5.74, 6) is -1.19. The third kappa shape index (κ3) is 6.98. The van der Waals surface area contributed by atoms with E-state index in [2.05, 4.69) is 10.6 Å². The standard InChI is InChI=1S/C21H26N2O5/c1-2-28-20(26)11-8-17(14-16-12-13-22-21(16)27)23-19(25)10-9-18(24)15-6-4-3-5-7-15/h3-8,11,16-17H,2,9-10,12-14H2,1H3,(H,22,27)(H,23,25)/b11-8+. The third-order valence-electron chi connectivity index (χ3n) is 4.47. The zero-order valence-corrected chi connectivity index (χ0v) is 16.0. The van der Waals surface area contributed by atoms with E-state index in [0.717, 1.165) is 0 Å². The van der Waals surface area contributed by atoms with Gasteiger partial charge in [0, 0.05) is 43.0 Å². The minimum atomic E-state index is -0.503. The highest BCUT2D eigenvalue weighted by atomic mass is 16.5. The molecule has 2 atom stereocenters. The summed E-state index contributed by atoms with van der Waals surface area (Å²) < 4.78 is 4.85. The predicted molar refractivity (Wildman–Crippen MR) is 103 cm³/mol. The maximum Gasteiger partial charge on any atom is 0.330 e. The largest absolute Gasteiger partial charge is 0.463 e. The van der Waals surface area contributed by atoms with Gasteiger partial charge in [0.05, 0.1) is 6.61 Å². The number of carbonyl (C=O) groups is 4. The van der Waals surface area contributed by atoms with Gasteiger partial charge in [-0.3, -0.25) is 14.4 Å². The molecule has 7 heteroatoms.